The molecule has 0 radical (unpaired) electrons. The van der Waals surface area contributed by atoms with Crippen LogP contribution >= 0.6 is 11.3 Å². The van der Waals surface area contributed by atoms with Crippen molar-refractivity contribution in [3.8, 4) is 0 Å². The molecule has 0 bridgehead atoms. The summed E-state index contributed by atoms with van der Waals surface area (Å²) in [6, 6.07) is 9.71. The molecule has 1 saturated carbocycles. The Balaban J connectivity index is 1.60. The van der Waals surface area contributed by atoms with Crippen molar-refractivity contribution in [3.05, 3.63) is 46.2 Å². The molecule has 1 fully saturated rings. The van der Waals surface area contributed by atoms with Gasteiger partial charge in [-0.3, -0.25) is 9.59 Å². The van der Waals surface area contributed by atoms with Crippen LogP contribution in [0, 0.1) is 0 Å². The van der Waals surface area contributed by atoms with E-state index in [1.54, 1.807) is 11.3 Å². The second kappa shape index (κ2) is 5.49. The Morgan fingerprint density at radius 2 is 2.04 bits per heavy atom. The molecule has 4 rings (SSSR count). The van der Waals surface area contributed by atoms with Gasteiger partial charge in [-0.1, -0.05) is 18.9 Å². The van der Waals surface area contributed by atoms with Crippen molar-refractivity contribution in [1.82, 2.24) is 0 Å². The van der Waals surface area contributed by atoms with Gasteiger partial charge in [0, 0.05) is 16.3 Å². The van der Waals surface area contributed by atoms with Crippen LogP contribution in [0.3, 0.4) is 0 Å². The summed E-state index contributed by atoms with van der Waals surface area (Å²) in [6.07, 6.45) is 4.38. The van der Waals surface area contributed by atoms with Gasteiger partial charge < -0.3 is 10.6 Å². The fourth-order valence-corrected chi connectivity index (χ4v) is 4.66. The third-order valence-corrected chi connectivity index (χ3v) is 5.95. The van der Waals surface area contributed by atoms with E-state index in [4.69, 9.17) is 0 Å². The molecule has 23 heavy (non-hydrogen) atoms. The molecule has 5 heteroatoms. The zero-order valence-corrected chi connectivity index (χ0v) is 13.5. The molecule has 0 saturated heterocycles. The normalized spacial score (nSPS) is 18.5. The Morgan fingerprint density at radius 1 is 1.22 bits per heavy atom. The van der Waals surface area contributed by atoms with E-state index in [1.165, 1.54) is 0 Å². The van der Waals surface area contributed by atoms with E-state index in [1.807, 2.05) is 29.6 Å². The summed E-state index contributed by atoms with van der Waals surface area (Å²) in [5.41, 5.74) is 2.18. The maximum Gasteiger partial charge on any atom is 0.235 e. The van der Waals surface area contributed by atoms with Crippen LogP contribution in [0.15, 0.2) is 35.7 Å². The van der Waals surface area contributed by atoms with Gasteiger partial charge in [-0.25, -0.2) is 0 Å². The Morgan fingerprint density at radius 3 is 2.78 bits per heavy atom. The van der Waals surface area contributed by atoms with Gasteiger partial charge in [-0.05, 0) is 48.1 Å². The fraction of sp³-hybridized carbons (Fsp3) is 0.333. The van der Waals surface area contributed by atoms with Crippen LogP contribution in [-0.4, -0.2) is 11.8 Å². The zero-order valence-electron chi connectivity index (χ0n) is 12.7. The van der Waals surface area contributed by atoms with Crippen LogP contribution in [-0.2, 0) is 21.4 Å². The first-order valence-electron chi connectivity index (χ1n) is 7.96. The number of hydrogen-bond donors (Lipinski definition) is 2. The van der Waals surface area contributed by atoms with Gasteiger partial charge in [0.2, 0.25) is 11.8 Å². The molecule has 1 aliphatic carbocycles. The van der Waals surface area contributed by atoms with Gasteiger partial charge in [-0.2, -0.15) is 0 Å². The van der Waals surface area contributed by atoms with E-state index < -0.39 is 0 Å². The Bertz CT molecular complexity index is 761. The molecule has 0 atom stereocenters. The number of carbonyl (C=O) groups is 2. The smallest absolute Gasteiger partial charge is 0.235 e. The summed E-state index contributed by atoms with van der Waals surface area (Å²) >= 11 is 1.66. The summed E-state index contributed by atoms with van der Waals surface area (Å²) in [5.74, 6) is 0.0870. The summed E-state index contributed by atoms with van der Waals surface area (Å²) in [4.78, 5) is 25.6. The van der Waals surface area contributed by atoms with E-state index in [0.717, 1.165) is 47.5 Å². The van der Waals surface area contributed by atoms with Crippen LogP contribution in [0.4, 0.5) is 11.4 Å². The zero-order chi connectivity index (χ0) is 15.9. The van der Waals surface area contributed by atoms with E-state index in [2.05, 4.69) is 16.7 Å². The third-order valence-electron chi connectivity index (χ3n) is 4.87. The summed E-state index contributed by atoms with van der Waals surface area (Å²) < 4.78 is 0. The molecular formula is C18H18N2O2S. The first-order valence-corrected chi connectivity index (χ1v) is 8.84. The number of rotatable bonds is 3. The molecule has 0 spiro atoms. The number of thiophene rings is 1. The van der Waals surface area contributed by atoms with Crippen LogP contribution < -0.4 is 10.6 Å². The number of fused-ring (bicyclic) bond motifs is 1. The van der Waals surface area contributed by atoms with E-state index >= 15 is 0 Å². The molecule has 4 nitrogen and oxygen atoms in total. The molecule has 2 N–H and O–H groups in total. The molecule has 1 aromatic heterocycles. The van der Waals surface area contributed by atoms with Gasteiger partial charge >= 0.3 is 0 Å². The number of carbonyl (C=O) groups excluding carboxylic acids is 2. The van der Waals surface area contributed by atoms with Gasteiger partial charge in [0.05, 0.1) is 11.8 Å². The molecule has 2 aromatic rings. The van der Waals surface area contributed by atoms with Crippen LogP contribution in [0.1, 0.15) is 36.1 Å². The van der Waals surface area contributed by atoms with Crippen LogP contribution in [0.2, 0.25) is 0 Å². The molecule has 1 aliphatic heterocycles. The second-order valence-electron chi connectivity index (χ2n) is 6.32. The van der Waals surface area contributed by atoms with Crippen molar-refractivity contribution in [2.75, 3.05) is 10.6 Å². The number of nitrogens with one attached hydrogen (secondary N) is 2. The Labute approximate surface area is 138 Å². The molecule has 1 aromatic carbocycles. The lowest BCUT2D eigenvalue weighted by Crippen LogP contribution is -2.37. The van der Waals surface area contributed by atoms with Crippen LogP contribution in [0.25, 0.3) is 0 Å². The van der Waals surface area contributed by atoms with Gasteiger partial charge in [-0.15, -0.1) is 11.3 Å². The van der Waals surface area contributed by atoms with Gasteiger partial charge in [0.25, 0.3) is 0 Å². The fourth-order valence-electron chi connectivity index (χ4n) is 3.67. The largest absolute Gasteiger partial charge is 0.326 e. The molecule has 2 heterocycles. The Kier molecular flexibility index (Phi) is 3.45. The highest BCUT2D eigenvalue weighted by Crippen LogP contribution is 2.44. The third kappa shape index (κ3) is 2.45. The lowest BCUT2D eigenvalue weighted by atomic mass is 9.83. The summed E-state index contributed by atoms with van der Waals surface area (Å²) in [5, 5.41) is 7.94. The van der Waals surface area contributed by atoms with Crippen molar-refractivity contribution in [2.45, 2.75) is 37.5 Å². The number of amides is 2. The van der Waals surface area contributed by atoms with E-state index in [0.29, 0.717) is 6.42 Å². The predicted molar refractivity (Wildman–Crippen MR) is 91.9 cm³/mol. The highest BCUT2D eigenvalue weighted by atomic mass is 32.1. The molecule has 2 aliphatic rings. The average Bonchev–Trinajstić information content (AvgIpc) is 3.26. The maximum absolute atomic E-state index is 13.0. The molecule has 0 unspecified atom stereocenters. The van der Waals surface area contributed by atoms with Crippen molar-refractivity contribution >= 4 is 34.5 Å². The van der Waals surface area contributed by atoms with Crippen molar-refractivity contribution < 1.29 is 9.59 Å². The lowest BCUT2D eigenvalue weighted by molar-refractivity contribution is -0.121. The molecular weight excluding hydrogens is 308 g/mol. The molecule has 118 valence electrons. The second-order valence-corrected chi connectivity index (χ2v) is 7.27. The van der Waals surface area contributed by atoms with Crippen LogP contribution in [0.5, 0.6) is 0 Å². The first-order chi connectivity index (χ1) is 11.2. The molecule has 2 amide bonds. The Hall–Kier alpha value is -2.14. The average molecular weight is 326 g/mol. The summed E-state index contributed by atoms with van der Waals surface area (Å²) in [7, 11) is 0. The number of anilines is 2. The highest BCUT2D eigenvalue weighted by molar-refractivity contribution is 7.10. The van der Waals surface area contributed by atoms with Gasteiger partial charge in [0.15, 0.2) is 0 Å². The SMILES string of the molecule is O=C1Cc2cc(NC(=O)C3(c4cccs4)CCCC3)ccc2N1. The lowest BCUT2D eigenvalue weighted by Gasteiger charge is -2.26. The maximum atomic E-state index is 13.0. The van der Waals surface area contributed by atoms with E-state index in [-0.39, 0.29) is 17.2 Å². The topological polar surface area (TPSA) is 58.2 Å². The van der Waals surface area contributed by atoms with Crippen molar-refractivity contribution in [1.29, 1.82) is 0 Å². The first kappa shape index (κ1) is 14.5. The van der Waals surface area contributed by atoms with Crippen molar-refractivity contribution in [3.63, 3.8) is 0 Å². The van der Waals surface area contributed by atoms with Gasteiger partial charge in [0.1, 0.15) is 0 Å². The quantitative estimate of drug-likeness (QED) is 0.903. The number of benzene rings is 1. The minimum atomic E-state index is -0.388. The number of hydrogen-bond acceptors (Lipinski definition) is 3. The monoisotopic (exact) mass is 326 g/mol. The van der Waals surface area contributed by atoms with Crippen molar-refractivity contribution in [2.24, 2.45) is 0 Å². The predicted octanol–water partition coefficient (Wildman–Crippen LogP) is 3.69. The minimum absolute atomic E-state index is 0.00863. The standard InChI is InChI=1S/C18H18N2O2S/c21-16-11-12-10-13(5-6-14(12)20-16)19-17(22)18(7-1-2-8-18)15-4-3-9-23-15/h3-6,9-10H,1-2,7-8,11H2,(H,19,22)(H,20,21). The van der Waals surface area contributed by atoms with E-state index in [9.17, 15) is 9.59 Å². The highest BCUT2D eigenvalue weighted by Gasteiger charge is 2.43. The summed E-state index contributed by atoms with van der Waals surface area (Å²) in [6.45, 7) is 0. The minimum Gasteiger partial charge on any atom is -0.326 e.